The van der Waals surface area contributed by atoms with Gasteiger partial charge >= 0.3 is 0 Å². The summed E-state index contributed by atoms with van der Waals surface area (Å²) in [7, 11) is 1.74. The SMILES string of the molecule is C=CCOc1ccccc1CNC(=NC)NCCCC(=O)N1CCc2ccccc21. The Balaban J connectivity index is 1.41. The van der Waals surface area contributed by atoms with E-state index in [1.807, 2.05) is 47.4 Å². The second-order valence-electron chi connectivity index (χ2n) is 7.09. The summed E-state index contributed by atoms with van der Waals surface area (Å²) in [6.07, 6.45) is 3.93. The lowest BCUT2D eigenvalue weighted by atomic mass is 10.2. The third-order valence-corrected chi connectivity index (χ3v) is 5.05. The van der Waals surface area contributed by atoms with E-state index < -0.39 is 0 Å². The first-order valence-electron chi connectivity index (χ1n) is 10.4. The Morgan fingerprint density at radius 1 is 1.20 bits per heavy atom. The monoisotopic (exact) mass is 406 g/mol. The predicted octanol–water partition coefficient (Wildman–Crippen LogP) is 3.29. The summed E-state index contributed by atoms with van der Waals surface area (Å²) in [6.45, 7) is 6.21. The Hall–Kier alpha value is -3.28. The fourth-order valence-electron chi connectivity index (χ4n) is 3.52. The maximum absolute atomic E-state index is 12.6. The molecular formula is C24H30N4O2. The zero-order valence-corrected chi connectivity index (χ0v) is 17.6. The molecule has 0 spiro atoms. The van der Waals surface area contributed by atoms with Crippen LogP contribution in [0, 0.1) is 0 Å². The van der Waals surface area contributed by atoms with E-state index in [4.69, 9.17) is 4.74 Å². The molecule has 1 aliphatic heterocycles. The Bertz CT molecular complexity index is 894. The molecule has 1 aliphatic rings. The number of fused-ring (bicyclic) bond motifs is 1. The van der Waals surface area contributed by atoms with Crippen molar-refractivity contribution in [3.63, 3.8) is 0 Å². The molecule has 0 radical (unpaired) electrons. The second-order valence-corrected chi connectivity index (χ2v) is 7.09. The Morgan fingerprint density at radius 2 is 2.00 bits per heavy atom. The minimum atomic E-state index is 0.179. The maximum atomic E-state index is 12.6. The van der Waals surface area contributed by atoms with Gasteiger partial charge in [0.05, 0.1) is 0 Å². The van der Waals surface area contributed by atoms with Gasteiger partial charge in [-0.25, -0.2) is 0 Å². The van der Waals surface area contributed by atoms with Gasteiger partial charge in [-0.05, 0) is 30.5 Å². The van der Waals surface area contributed by atoms with E-state index in [-0.39, 0.29) is 5.91 Å². The molecule has 0 saturated carbocycles. The van der Waals surface area contributed by atoms with E-state index in [1.54, 1.807) is 13.1 Å². The summed E-state index contributed by atoms with van der Waals surface area (Å²) in [4.78, 5) is 18.8. The van der Waals surface area contributed by atoms with Crippen molar-refractivity contribution in [1.82, 2.24) is 10.6 Å². The number of hydrogen-bond donors (Lipinski definition) is 2. The molecule has 2 aromatic rings. The molecule has 0 saturated heterocycles. The van der Waals surface area contributed by atoms with Gasteiger partial charge in [-0.3, -0.25) is 9.79 Å². The number of carbonyl (C=O) groups excluding carboxylic acids is 1. The molecule has 0 aliphatic carbocycles. The fraction of sp³-hybridized carbons (Fsp3) is 0.333. The van der Waals surface area contributed by atoms with Gasteiger partial charge in [-0.2, -0.15) is 0 Å². The molecule has 30 heavy (non-hydrogen) atoms. The van der Waals surface area contributed by atoms with Crippen LogP contribution in [0.1, 0.15) is 24.0 Å². The van der Waals surface area contributed by atoms with Crippen LogP contribution < -0.4 is 20.3 Å². The van der Waals surface area contributed by atoms with Crippen molar-refractivity contribution in [2.75, 3.05) is 31.6 Å². The number of nitrogens with one attached hydrogen (secondary N) is 2. The fourth-order valence-corrected chi connectivity index (χ4v) is 3.52. The molecule has 1 amide bonds. The van der Waals surface area contributed by atoms with Crippen LogP contribution in [0.2, 0.25) is 0 Å². The predicted molar refractivity (Wildman–Crippen MR) is 122 cm³/mol. The van der Waals surface area contributed by atoms with E-state index in [9.17, 15) is 4.79 Å². The summed E-state index contributed by atoms with van der Waals surface area (Å²) in [6, 6.07) is 16.0. The summed E-state index contributed by atoms with van der Waals surface area (Å²) in [5.41, 5.74) is 3.36. The highest BCUT2D eigenvalue weighted by molar-refractivity contribution is 5.95. The van der Waals surface area contributed by atoms with Crippen LogP contribution in [0.15, 0.2) is 66.2 Å². The molecule has 0 fully saturated rings. The molecule has 0 atom stereocenters. The molecule has 6 heteroatoms. The first-order valence-corrected chi connectivity index (χ1v) is 10.4. The van der Waals surface area contributed by atoms with Gasteiger partial charge in [0.15, 0.2) is 5.96 Å². The number of amides is 1. The number of rotatable bonds is 9. The van der Waals surface area contributed by atoms with Gasteiger partial charge < -0.3 is 20.3 Å². The van der Waals surface area contributed by atoms with Crippen molar-refractivity contribution >= 4 is 17.6 Å². The van der Waals surface area contributed by atoms with Crippen molar-refractivity contribution in [2.24, 2.45) is 4.99 Å². The Morgan fingerprint density at radius 3 is 2.83 bits per heavy atom. The van der Waals surface area contributed by atoms with Crippen LogP contribution in [0.5, 0.6) is 5.75 Å². The van der Waals surface area contributed by atoms with Gasteiger partial charge in [-0.15, -0.1) is 0 Å². The van der Waals surface area contributed by atoms with E-state index in [0.29, 0.717) is 32.1 Å². The summed E-state index contributed by atoms with van der Waals surface area (Å²) < 4.78 is 5.69. The van der Waals surface area contributed by atoms with Crippen molar-refractivity contribution in [2.45, 2.75) is 25.8 Å². The van der Waals surface area contributed by atoms with Crippen LogP contribution >= 0.6 is 0 Å². The molecule has 0 aromatic heterocycles. The molecule has 158 valence electrons. The molecule has 0 bridgehead atoms. The molecule has 1 heterocycles. The zero-order valence-electron chi connectivity index (χ0n) is 17.6. The van der Waals surface area contributed by atoms with Gasteiger partial charge in [0.2, 0.25) is 5.91 Å². The molecule has 2 aromatic carbocycles. The van der Waals surface area contributed by atoms with E-state index in [0.717, 1.165) is 36.4 Å². The van der Waals surface area contributed by atoms with Crippen LogP contribution in [0.25, 0.3) is 0 Å². The third kappa shape index (κ3) is 5.63. The molecule has 2 N–H and O–H groups in total. The van der Waals surface area contributed by atoms with Crippen LogP contribution in [-0.4, -0.2) is 38.6 Å². The molecular weight excluding hydrogens is 376 g/mol. The Labute approximate surface area is 178 Å². The molecule has 0 unspecified atom stereocenters. The summed E-state index contributed by atoms with van der Waals surface area (Å²) in [5.74, 6) is 1.71. The average Bonchev–Trinajstić information content (AvgIpc) is 3.22. The topological polar surface area (TPSA) is 66.0 Å². The maximum Gasteiger partial charge on any atom is 0.227 e. The van der Waals surface area contributed by atoms with Gasteiger partial charge in [0.1, 0.15) is 12.4 Å². The lowest BCUT2D eigenvalue weighted by molar-refractivity contribution is -0.118. The van der Waals surface area contributed by atoms with Gasteiger partial charge in [-0.1, -0.05) is 49.1 Å². The van der Waals surface area contributed by atoms with Crippen LogP contribution in [-0.2, 0) is 17.8 Å². The first-order chi connectivity index (χ1) is 14.7. The second kappa shape index (κ2) is 11.0. The molecule has 6 nitrogen and oxygen atoms in total. The quantitative estimate of drug-likeness (QED) is 0.290. The summed E-state index contributed by atoms with van der Waals surface area (Å²) >= 11 is 0. The first kappa shape index (κ1) is 21.4. The Kier molecular flexibility index (Phi) is 7.89. The number of hydrogen-bond acceptors (Lipinski definition) is 3. The minimum absolute atomic E-state index is 0.179. The van der Waals surface area contributed by atoms with E-state index >= 15 is 0 Å². The van der Waals surface area contributed by atoms with Gasteiger partial charge in [0, 0.05) is 44.4 Å². The van der Waals surface area contributed by atoms with E-state index in [2.05, 4.69) is 28.3 Å². The standard InChI is InChI=1S/C24H30N4O2/c1-3-17-30-22-12-7-5-10-20(22)18-27-24(25-2)26-15-8-13-23(29)28-16-14-19-9-4-6-11-21(19)28/h3-7,9-12H,1,8,13-18H2,2H3,(H2,25,26,27). The van der Waals surface area contributed by atoms with Crippen molar-refractivity contribution in [3.05, 3.63) is 72.3 Å². The third-order valence-electron chi connectivity index (χ3n) is 5.05. The van der Waals surface area contributed by atoms with Gasteiger partial charge in [0.25, 0.3) is 0 Å². The number of ether oxygens (including phenoxy) is 1. The highest BCUT2D eigenvalue weighted by Crippen LogP contribution is 2.28. The number of para-hydroxylation sites is 2. The van der Waals surface area contributed by atoms with Crippen molar-refractivity contribution in [1.29, 1.82) is 0 Å². The number of anilines is 1. The highest BCUT2D eigenvalue weighted by Gasteiger charge is 2.23. The number of carbonyl (C=O) groups is 1. The van der Waals surface area contributed by atoms with Crippen LogP contribution in [0.3, 0.4) is 0 Å². The average molecular weight is 407 g/mol. The minimum Gasteiger partial charge on any atom is -0.489 e. The number of nitrogens with zero attached hydrogens (tertiary/aromatic N) is 2. The summed E-state index contributed by atoms with van der Waals surface area (Å²) in [5, 5.41) is 6.58. The normalized spacial score (nSPS) is 13.0. The number of aliphatic imine (C=N–C) groups is 1. The lowest BCUT2D eigenvalue weighted by Gasteiger charge is -2.18. The highest BCUT2D eigenvalue weighted by atomic mass is 16.5. The van der Waals surface area contributed by atoms with E-state index in [1.165, 1.54) is 5.56 Å². The van der Waals surface area contributed by atoms with Crippen molar-refractivity contribution in [3.8, 4) is 5.75 Å². The van der Waals surface area contributed by atoms with Crippen LogP contribution in [0.4, 0.5) is 5.69 Å². The largest absolute Gasteiger partial charge is 0.489 e. The van der Waals surface area contributed by atoms with Crippen molar-refractivity contribution < 1.29 is 9.53 Å². The smallest absolute Gasteiger partial charge is 0.227 e. The number of guanidine groups is 1. The number of benzene rings is 2. The lowest BCUT2D eigenvalue weighted by Crippen LogP contribution is -2.38. The molecule has 3 rings (SSSR count). The zero-order chi connectivity index (χ0) is 21.2.